The Balaban J connectivity index is 1.50. The van der Waals surface area contributed by atoms with Gasteiger partial charge in [-0.05, 0) is 60.2 Å². The maximum absolute atomic E-state index is 12.8. The van der Waals surface area contributed by atoms with Gasteiger partial charge in [-0.3, -0.25) is 4.79 Å². The van der Waals surface area contributed by atoms with Crippen LogP contribution >= 0.6 is 0 Å². The lowest BCUT2D eigenvalue weighted by atomic mass is 10.0. The molecule has 0 heterocycles. The molecule has 176 valence electrons. The van der Waals surface area contributed by atoms with Crippen LogP contribution in [0.5, 0.6) is 17.2 Å². The predicted octanol–water partition coefficient (Wildman–Crippen LogP) is 4.99. The van der Waals surface area contributed by atoms with Crippen LogP contribution in [0.15, 0.2) is 96.1 Å². The molecule has 0 aromatic heterocycles. The fourth-order valence-electron chi connectivity index (χ4n) is 3.38. The molecule has 0 fully saturated rings. The number of carbonyl (C=O) groups is 2. The van der Waals surface area contributed by atoms with Crippen LogP contribution < -0.4 is 19.6 Å². The molecular weight excluding hydrogens is 444 g/mol. The van der Waals surface area contributed by atoms with E-state index in [-0.39, 0.29) is 6.61 Å². The monoisotopic (exact) mass is 468 g/mol. The summed E-state index contributed by atoms with van der Waals surface area (Å²) in [6, 6.07) is 27.0. The minimum absolute atomic E-state index is 0.184. The first-order valence-electron chi connectivity index (χ1n) is 11.1. The molecule has 0 bridgehead atoms. The number of benzene rings is 4. The van der Waals surface area contributed by atoms with Crippen molar-refractivity contribution in [3.05, 3.63) is 102 Å². The van der Waals surface area contributed by atoms with Gasteiger partial charge in [0, 0.05) is 5.56 Å². The van der Waals surface area contributed by atoms with Crippen molar-refractivity contribution < 1.29 is 23.8 Å². The van der Waals surface area contributed by atoms with E-state index in [0.29, 0.717) is 35.0 Å². The van der Waals surface area contributed by atoms with E-state index in [4.69, 9.17) is 14.2 Å². The second-order valence-electron chi connectivity index (χ2n) is 7.44. The third-order valence-electron chi connectivity index (χ3n) is 5.03. The summed E-state index contributed by atoms with van der Waals surface area (Å²) in [5.74, 6) is 0.649. The first kappa shape index (κ1) is 23.5. The maximum Gasteiger partial charge on any atom is 0.343 e. The minimum Gasteiger partial charge on any atom is -0.494 e. The highest BCUT2D eigenvalue weighted by Gasteiger charge is 2.14. The third kappa shape index (κ3) is 6.23. The Morgan fingerprint density at radius 3 is 2.31 bits per heavy atom. The molecule has 0 aliphatic carbocycles. The van der Waals surface area contributed by atoms with Crippen LogP contribution in [0, 0.1) is 0 Å². The number of esters is 1. The number of nitrogens with zero attached hydrogens (tertiary/aromatic N) is 1. The Bertz CT molecular complexity index is 1330. The number of ether oxygens (including phenoxy) is 3. The number of carbonyl (C=O) groups excluding carboxylic acids is 2. The van der Waals surface area contributed by atoms with Gasteiger partial charge >= 0.3 is 5.97 Å². The SMILES string of the molecule is CCOc1ccc(C(=O)Oc2ccc3ccccc3c2C=NNC(=O)COc2ccccc2)cc1. The van der Waals surface area contributed by atoms with Crippen molar-refractivity contribution in [3.8, 4) is 17.2 Å². The molecule has 0 spiro atoms. The lowest BCUT2D eigenvalue weighted by Gasteiger charge is -2.11. The quantitative estimate of drug-likeness (QED) is 0.162. The highest BCUT2D eigenvalue weighted by Crippen LogP contribution is 2.27. The zero-order chi connectivity index (χ0) is 24.5. The van der Waals surface area contributed by atoms with Gasteiger partial charge in [-0.25, -0.2) is 10.2 Å². The van der Waals surface area contributed by atoms with E-state index in [1.807, 2.05) is 55.5 Å². The number of rotatable bonds is 9. The topological polar surface area (TPSA) is 86.2 Å². The molecule has 7 heteroatoms. The van der Waals surface area contributed by atoms with Crippen molar-refractivity contribution >= 4 is 28.9 Å². The van der Waals surface area contributed by atoms with Gasteiger partial charge < -0.3 is 14.2 Å². The number of hydrogen-bond donors (Lipinski definition) is 1. The van der Waals surface area contributed by atoms with Crippen LogP contribution in [0.3, 0.4) is 0 Å². The zero-order valence-corrected chi connectivity index (χ0v) is 19.1. The Morgan fingerprint density at radius 2 is 1.54 bits per heavy atom. The third-order valence-corrected chi connectivity index (χ3v) is 5.03. The van der Waals surface area contributed by atoms with Crippen molar-refractivity contribution in [2.24, 2.45) is 5.10 Å². The molecule has 35 heavy (non-hydrogen) atoms. The molecule has 4 aromatic carbocycles. The average Bonchev–Trinajstić information content (AvgIpc) is 2.89. The van der Waals surface area contributed by atoms with E-state index in [9.17, 15) is 9.59 Å². The van der Waals surface area contributed by atoms with Crippen LogP contribution in [0.4, 0.5) is 0 Å². The Morgan fingerprint density at radius 1 is 0.829 bits per heavy atom. The lowest BCUT2D eigenvalue weighted by Crippen LogP contribution is -2.24. The second kappa shape index (κ2) is 11.5. The molecule has 4 aromatic rings. The fourth-order valence-corrected chi connectivity index (χ4v) is 3.38. The Labute approximate surface area is 202 Å². The van der Waals surface area contributed by atoms with Gasteiger partial charge in [-0.2, -0.15) is 5.10 Å². The zero-order valence-electron chi connectivity index (χ0n) is 19.1. The Hall–Kier alpha value is -4.65. The first-order chi connectivity index (χ1) is 17.1. The van der Waals surface area contributed by atoms with Crippen molar-refractivity contribution in [1.29, 1.82) is 0 Å². The molecule has 0 saturated heterocycles. The van der Waals surface area contributed by atoms with Crippen molar-refractivity contribution in [2.75, 3.05) is 13.2 Å². The highest BCUT2D eigenvalue weighted by atomic mass is 16.5. The van der Waals surface area contributed by atoms with Crippen LogP contribution in [-0.2, 0) is 4.79 Å². The molecule has 4 rings (SSSR count). The van der Waals surface area contributed by atoms with Gasteiger partial charge in [0.2, 0.25) is 0 Å². The number of amides is 1. The molecule has 0 saturated carbocycles. The van der Waals surface area contributed by atoms with E-state index in [1.165, 1.54) is 6.21 Å². The molecular formula is C28H24N2O5. The van der Waals surface area contributed by atoms with Crippen molar-refractivity contribution in [2.45, 2.75) is 6.92 Å². The van der Waals surface area contributed by atoms with E-state index in [0.717, 1.165) is 10.8 Å². The van der Waals surface area contributed by atoms with Gasteiger partial charge in [-0.15, -0.1) is 0 Å². The molecule has 1 amide bonds. The van der Waals surface area contributed by atoms with Gasteiger partial charge in [0.15, 0.2) is 6.61 Å². The smallest absolute Gasteiger partial charge is 0.343 e. The standard InChI is InChI=1S/C28H24N2O5/c1-2-33-23-15-12-21(13-16-23)28(32)35-26-17-14-20-8-6-7-11-24(20)25(26)18-29-30-27(31)19-34-22-9-4-3-5-10-22/h3-18H,2,19H2,1H3,(H,30,31). The second-order valence-corrected chi connectivity index (χ2v) is 7.44. The summed E-state index contributed by atoms with van der Waals surface area (Å²) < 4.78 is 16.5. The van der Waals surface area contributed by atoms with E-state index >= 15 is 0 Å². The lowest BCUT2D eigenvalue weighted by molar-refractivity contribution is -0.123. The Kier molecular flexibility index (Phi) is 7.70. The predicted molar refractivity (Wildman–Crippen MR) is 134 cm³/mol. The van der Waals surface area contributed by atoms with E-state index in [1.54, 1.807) is 42.5 Å². The van der Waals surface area contributed by atoms with Crippen LogP contribution in [0.2, 0.25) is 0 Å². The minimum atomic E-state index is -0.515. The summed E-state index contributed by atoms with van der Waals surface area (Å²) in [6.07, 6.45) is 1.46. The molecule has 1 N–H and O–H groups in total. The van der Waals surface area contributed by atoms with E-state index < -0.39 is 11.9 Å². The summed E-state index contributed by atoms with van der Waals surface area (Å²) >= 11 is 0. The summed E-state index contributed by atoms with van der Waals surface area (Å²) in [5, 5.41) is 5.83. The molecule has 7 nitrogen and oxygen atoms in total. The number of hydrogen-bond acceptors (Lipinski definition) is 6. The summed E-state index contributed by atoms with van der Waals surface area (Å²) in [7, 11) is 0. The van der Waals surface area contributed by atoms with Crippen LogP contribution in [0.25, 0.3) is 10.8 Å². The fraction of sp³-hybridized carbons (Fsp3) is 0.107. The first-order valence-corrected chi connectivity index (χ1v) is 11.1. The van der Waals surface area contributed by atoms with Crippen LogP contribution in [-0.4, -0.2) is 31.3 Å². The van der Waals surface area contributed by atoms with Gasteiger partial charge in [0.25, 0.3) is 5.91 Å². The molecule has 0 aliphatic heterocycles. The summed E-state index contributed by atoms with van der Waals surface area (Å²) in [5.41, 5.74) is 3.39. The average molecular weight is 469 g/mol. The number of para-hydroxylation sites is 1. The summed E-state index contributed by atoms with van der Waals surface area (Å²) in [6.45, 7) is 2.25. The highest BCUT2D eigenvalue weighted by molar-refractivity contribution is 6.04. The number of fused-ring (bicyclic) bond motifs is 1. The van der Waals surface area contributed by atoms with E-state index in [2.05, 4.69) is 10.5 Å². The van der Waals surface area contributed by atoms with Crippen LogP contribution in [0.1, 0.15) is 22.8 Å². The normalized spacial score (nSPS) is 10.8. The largest absolute Gasteiger partial charge is 0.494 e. The summed E-state index contributed by atoms with van der Waals surface area (Å²) in [4.78, 5) is 24.9. The number of hydrazone groups is 1. The van der Waals surface area contributed by atoms with Gasteiger partial charge in [0.05, 0.1) is 18.4 Å². The van der Waals surface area contributed by atoms with Gasteiger partial charge in [0.1, 0.15) is 17.2 Å². The maximum atomic E-state index is 12.8. The molecule has 0 radical (unpaired) electrons. The van der Waals surface area contributed by atoms with Crippen molar-refractivity contribution in [3.63, 3.8) is 0 Å². The molecule has 0 aliphatic rings. The molecule has 0 atom stereocenters. The van der Waals surface area contributed by atoms with Crippen molar-refractivity contribution in [1.82, 2.24) is 5.43 Å². The number of nitrogens with one attached hydrogen (secondary N) is 1. The van der Waals surface area contributed by atoms with Gasteiger partial charge in [-0.1, -0.05) is 48.5 Å². The molecule has 0 unspecified atom stereocenters.